The quantitative estimate of drug-likeness (QED) is 0.760. The van der Waals surface area contributed by atoms with Crippen molar-refractivity contribution < 1.29 is 19.1 Å². The molecule has 0 aromatic heterocycles. The van der Waals surface area contributed by atoms with Crippen molar-refractivity contribution in [3.8, 4) is 11.5 Å². The predicted octanol–water partition coefficient (Wildman–Crippen LogP) is 2.87. The second-order valence-corrected chi connectivity index (χ2v) is 6.34. The van der Waals surface area contributed by atoms with Gasteiger partial charge in [0.15, 0.2) is 13.2 Å². The highest BCUT2D eigenvalue weighted by Crippen LogP contribution is 2.25. The third-order valence-electron chi connectivity index (χ3n) is 3.35. The molecule has 0 fully saturated rings. The Morgan fingerprint density at radius 1 is 0.846 bits per heavy atom. The second-order valence-electron chi connectivity index (χ2n) is 5.93. The van der Waals surface area contributed by atoms with Crippen LogP contribution in [0.5, 0.6) is 11.5 Å². The van der Waals surface area contributed by atoms with Gasteiger partial charge in [-0.2, -0.15) is 0 Å². The molecule has 0 bridgehead atoms. The molecule has 0 aliphatic heterocycles. The van der Waals surface area contributed by atoms with E-state index in [0.29, 0.717) is 16.5 Å². The molecule has 0 atom stereocenters. The van der Waals surface area contributed by atoms with Crippen molar-refractivity contribution in [1.82, 2.24) is 10.9 Å². The Morgan fingerprint density at radius 3 is 2.04 bits per heavy atom. The number of aryl methyl sites for hydroxylation is 3. The number of benzene rings is 2. The summed E-state index contributed by atoms with van der Waals surface area (Å²) in [6, 6.07) is 10.9. The predicted molar refractivity (Wildman–Crippen MR) is 99.4 cm³/mol. The van der Waals surface area contributed by atoms with Crippen LogP contribution in [0.4, 0.5) is 0 Å². The van der Waals surface area contributed by atoms with E-state index in [1.807, 2.05) is 45.0 Å². The lowest BCUT2D eigenvalue weighted by atomic mass is 10.1. The molecular formula is C19H21ClN2O4. The van der Waals surface area contributed by atoms with E-state index in [1.54, 1.807) is 12.1 Å². The van der Waals surface area contributed by atoms with Crippen molar-refractivity contribution in [2.24, 2.45) is 0 Å². The van der Waals surface area contributed by atoms with Crippen molar-refractivity contribution in [2.45, 2.75) is 20.8 Å². The van der Waals surface area contributed by atoms with E-state index in [0.717, 1.165) is 16.7 Å². The molecule has 0 radical (unpaired) electrons. The van der Waals surface area contributed by atoms with Gasteiger partial charge in [0, 0.05) is 0 Å². The normalized spacial score (nSPS) is 10.2. The first kappa shape index (κ1) is 19.6. The van der Waals surface area contributed by atoms with Crippen LogP contribution >= 0.6 is 11.6 Å². The smallest absolute Gasteiger partial charge is 0.276 e. The summed E-state index contributed by atoms with van der Waals surface area (Å²) in [6.45, 7) is 5.29. The van der Waals surface area contributed by atoms with Crippen LogP contribution in [-0.4, -0.2) is 25.0 Å². The van der Waals surface area contributed by atoms with Crippen LogP contribution in [0, 0.1) is 20.8 Å². The average molecular weight is 377 g/mol. The monoisotopic (exact) mass is 376 g/mol. The van der Waals surface area contributed by atoms with E-state index in [2.05, 4.69) is 10.9 Å². The zero-order valence-electron chi connectivity index (χ0n) is 14.9. The van der Waals surface area contributed by atoms with Crippen molar-refractivity contribution in [3.05, 3.63) is 58.1 Å². The fraction of sp³-hybridized carbons (Fsp3) is 0.263. The van der Waals surface area contributed by atoms with Crippen molar-refractivity contribution in [3.63, 3.8) is 0 Å². The van der Waals surface area contributed by atoms with E-state index in [4.69, 9.17) is 21.1 Å². The summed E-state index contributed by atoms with van der Waals surface area (Å²) in [4.78, 5) is 23.5. The van der Waals surface area contributed by atoms with Crippen molar-refractivity contribution >= 4 is 23.4 Å². The van der Waals surface area contributed by atoms with Gasteiger partial charge >= 0.3 is 0 Å². The Bertz CT molecular complexity index is 788. The number of rotatable bonds is 6. The molecule has 2 amide bonds. The minimum Gasteiger partial charge on any atom is -0.484 e. The highest BCUT2D eigenvalue weighted by atomic mass is 35.5. The van der Waals surface area contributed by atoms with Gasteiger partial charge in [0.25, 0.3) is 11.8 Å². The molecule has 0 aliphatic carbocycles. The topological polar surface area (TPSA) is 76.7 Å². The van der Waals surface area contributed by atoms with E-state index in [-0.39, 0.29) is 13.2 Å². The fourth-order valence-corrected chi connectivity index (χ4v) is 2.41. The lowest BCUT2D eigenvalue weighted by Gasteiger charge is -2.11. The van der Waals surface area contributed by atoms with Crippen LogP contribution < -0.4 is 20.3 Å². The van der Waals surface area contributed by atoms with Crippen LogP contribution in [0.15, 0.2) is 36.4 Å². The molecule has 0 heterocycles. The number of halogens is 1. The maximum Gasteiger partial charge on any atom is 0.276 e. The minimum atomic E-state index is -0.512. The number of hydrazine groups is 1. The van der Waals surface area contributed by atoms with Crippen LogP contribution in [0.25, 0.3) is 0 Å². The zero-order chi connectivity index (χ0) is 19.1. The summed E-state index contributed by atoms with van der Waals surface area (Å²) in [5.41, 5.74) is 7.57. The molecule has 2 N–H and O–H groups in total. The minimum absolute atomic E-state index is 0.215. The van der Waals surface area contributed by atoms with Gasteiger partial charge in [-0.3, -0.25) is 20.4 Å². The number of carbonyl (C=O) groups is 2. The van der Waals surface area contributed by atoms with Crippen molar-refractivity contribution in [2.75, 3.05) is 13.2 Å². The molecule has 2 aromatic rings. The summed E-state index contributed by atoms with van der Waals surface area (Å²) in [6.07, 6.45) is 0. The molecule has 0 aliphatic rings. The number of hydrogen-bond acceptors (Lipinski definition) is 4. The third-order valence-corrected chi connectivity index (χ3v) is 3.66. The fourth-order valence-electron chi connectivity index (χ4n) is 2.24. The molecule has 138 valence electrons. The first-order valence-corrected chi connectivity index (χ1v) is 8.39. The third kappa shape index (κ3) is 6.29. The Balaban J connectivity index is 1.72. The first-order chi connectivity index (χ1) is 12.3. The summed E-state index contributed by atoms with van der Waals surface area (Å²) < 4.78 is 10.7. The van der Waals surface area contributed by atoms with Gasteiger partial charge in [-0.25, -0.2) is 0 Å². The summed E-state index contributed by atoms with van der Waals surface area (Å²) in [5, 5.41) is 0.411. The maximum absolute atomic E-state index is 11.8. The first-order valence-electron chi connectivity index (χ1n) is 8.01. The second kappa shape index (κ2) is 9.10. The molecule has 0 spiro atoms. The Morgan fingerprint density at radius 2 is 1.42 bits per heavy atom. The van der Waals surface area contributed by atoms with Gasteiger partial charge in [-0.1, -0.05) is 23.7 Å². The Labute approximate surface area is 157 Å². The molecule has 0 unspecified atom stereocenters. The maximum atomic E-state index is 11.8. The van der Waals surface area contributed by atoms with Gasteiger partial charge in [0.2, 0.25) is 0 Å². The molecule has 0 saturated heterocycles. The Hall–Kier alpha value is -2.73. The van der Waals surface area contributed by atoms with Gasteiger partial charge in [0.1, 0.15) is 11.5 Å². The average Bonchev–Trinajstić information content (AvgIpc) is 2.58. The van der Waals surface area contributed by atoms with Gasteiger partial charge in [0.05, 0.1) is 5.02 Å². The van der Waals surface area contributed by atoms with Gasteiger partial charge in [-0.15, -0.1) is 0 Å². The summed E-state index contributed by atoms with van der Waals surface area (Å²) in [5.74, 6) is 0.0149. The molecule has 2 rings (SSSR count). The van der Waals surface area contributed by atoms with Crippen molar-refractivity contribution in [1.29, 1.82) is 0 Å². The number of nitrogens with one attached hydrogen (secondary N) is 2. The largest absolute Gasteiger partial charge is 0.484 e. The standard InChI is InChI=1S/C19H21ClN2O4/c1-12-4-5-16(20)17(9-12)26-11-19(24)22-21-18(23)10-25-15-7-13(2)6-14(3)8-15/h4-9H,10-11H2,1-3H3,(H,21,23)(H,22,24). The molecule has 2 aromatic carbocycles. The van der Waals surface area contributed by atoms with Crippen LogP contribution in [-0.2, 0) is 9.59 Å². The number of carbonyl (C=O) groups excluding carboxylic acids is 2. The summed E-state index contributed by atoms with van der Waals surface area (Å²) in [7, 11) is 0. The SMILES string of the molecule is Cc1cc(C)cc(OCC(=O)NNC(=O)COc2cc(C)ccc2Cl)c1. The van der Waals surface area contributed by atoms with E-state index >= 15 is 0 Å². The highest BCUT2D eigenvalue weighted by Gasteiger charge is 2.08. The molecular weight excluding hydrogens is 356 g/mol. The van der Waals surface area contributed by atoms with Crippen LogP contribution in [0.2, 0.25) is 5.02 Å². The number of hydrogen-bond donors (Lipinski definition) is 2. The Kier molecular flexibility index (Phi) is 6.86. The molecule has 26 heavy (non-hydrogen) atoms. The molecule has 0 saturated carbocycles. The summed E-state index contributed by atoms with van der Waals surface area (Å²) >= 11 is 5.99. The molecule has 6 nitrogen and oxygen atoms in total. The zero-order valence-corrected chi connectivity index (χ0v) is 15.6. The van der Waals surface area contributed by atoms with Crippen LogP contribution in [0.3, 0.4) is 0 Å². The molecule has 7 heteroatoms. The van der Waals surface area contributed by atoms with E-state index < -0.39 is 11.8 Å². The van der Waals surface area contributed by atoms with E-state index in [1.165, 1.54) is 0 Å². The van der Waals surface area contributed by atoms with E-state index in [9.17, 15) is 9.59 Å². The van der Waals surface area contributed by atoms with Crippen LogP contribution in [0.1, 0.15) is 16.7 Å². The van der Waals surface area contributed by atoms with Gasteiger partial charge < -0.3 is 9.47 Å². The highest BCUT2D eigenvalue weighted by molar-refractivity contribution is 6.32. The van der Waals surface area contributed by atoms with Gasteiger partial charge in [-0.05, 0) is 61.7 Å². The number of amides is 2. The lowest BCUT2D eigenvalue weighted by Crippen LogP contribution is -2.45. The lowest BCUT2D eigenvalue weighted by molar-refractivity contribution is -0.131. The number of ether oxygens (including phenoxy) is 2.